The van der Waals surface area contributed by atoms with Crippen LogP contribution in [0, 0.1) is 11.7 Å². The number of halogens is 1. The maximum atomic E-state index is 12.8. The Morgan fingerprint density at radius 2 is 2.14 bits per heavy atom. The molecule has 6 heteroatoms. The van der Waals surface area contributed by atoms with Crippen molar-refractivity contribution in [3.05, 3.63) is 47.8 Å². The van der Waals surface area contributed by atoms with Crippen molar-refractivity contribution in [3.63, 3.8) is 0 Å². The first-order valence-electron chi connectivity index (χ1n) is 6.91. The Hall–Kier alpha value is -1.79. The standard InChI is InChI=1S/C15H21FN4O/c1-11(15(21)14-5-4-13(16)7-17-14)8-19(2)9-12-6-18-20(3)10-12/h4-7,10-11,15,21H,8-9H2,1-3H3. The molecule has 0 aliphatic heterocycles. The van der Waals surface area contributed by atoms with E-state index in [9.17, 15) is 9.50 Å². The first kappa shape index (κ1) is 15.6. The summed E-state index contributed by atoms with van der Waals surface area (Å²) in [6.07, 6.45) is 4.23. The van der Waals surface area contributed by atoms with E-state index in [0.29, 0.717) is 12.2 Å². The van der Waals surface area contributed by atoms with Gasteiger partial charge in [0.05, 0.1) is 24.2 Å². The van der Waals surface area contributed by atoms with Gasteiger partial charge in [0.2, 0.25) is 0 Å². The van der Waals surface area contributed by atoms with Crippen LogP contribution in [0.15, 0.2) is 30.7 Å². The Kier molecular flexibility index (Phi) is 5.03. The second-order valence-corrected chi connectivity index (χ2v) is 5.54. The monoisotopic (exact) mass is 292 g/mol. The van der Waals surface area contributed by atoms with Crippen molar-refractivity contribution in [1.29, 1.82) is 0 Å². The van der Waals surface area contributed by atoms with Crippen molar-refractivity contribution in [2.75, 3.05) is 13.6 Å². The summed E-state index contributed by atoms with van der Waals surface area (Å²) < 4.78 is 14.6. The number of aryl methyl sites for hydroxylation is 1. The quantitative estimate of drug-likeness (QED) is 0.881. The lowest BCUT2D eigenvalue weighted by molar-refractivity contribution is 0.0896. The normalized spacial score (nSPS) is 14.4. The maximum Gasteiger partial charge on any atom is 0.141 e. The fourth-order valence-corrected chi connectivity index (χ4v) is 2.37. The molecule has 2 aromatic rings. The number of aliphatic hydroxyl groups is 1. The summed E-state index contributed by atoms with van der Waals surface area (Å²) in [7, 11) is 3.88. The van der Waals surface area contributed by atoms with Gasteiger partial charge in [-0.1, -0.05) is 6.92 Å². The molecule has 0 bridgehead atoms. The predicted molar refractivity (Wildman–Crippen MR) is 77.9 cm³/mol. The van der Waals surface area contributed by atoms with E-state index in [2.05, 4.69) is 15.0 Å². The molecule has 2 rings (SSSR count). The minimum Gasteiger partial charge on any atom is -0.386 e. The SMILES string of the molecule is CC(CN(C)Cc1cnn(C)c1)C(O)c1ccc(F)cn1. The Morgan fingerprint density at radius 3 is 2.71 bits per heavy atom. The van der Waals surface area contributed by atoms with Gasteiger partial charge < -0.3 is 10.0 Å². The van der Waals surface area contributed by atoms with Crippen LogP contribution >= 0.6 is 0 Å². The van der Waals surface area contributed by atoms with E-state index in [-0.39, 0.29) is 5.92 Å². The van der Waals surface area contributed by atoms with Gasteiger partial charge in [0.1, 0.15) is 5.82 Å². The Balaban J connectivity index is 1.90. The van der Waals surface area contributed by atoms with Crippen molar-refractivity contribution in [3.8, 4) is 0 Å². The third kappa shape index (κ3) is 4.34. The summed E-state index contributed by atoms with van der Waals surface area (Å²) in [5.41, 5.74) is 1.63. The number of aromatic nitrogens is 3. The zero-order valence-corrected chi connectivity index (χ0v) is 12.6. The highest BCUT2D eigenvalue weighted by Crippen LogP contribution is 2.21. The molecule has 2 heterocycles. The van der Waals surface area contributed by atoms with E-state index in [0.717, 1.165) is 18.3 Å². The van der Waals surface area contributed by atoms with Crippen LogP contribution in [-0.2, 0) is 13.6 Å². The molecule has 5 nitrogen and oxygen atoms in total. The lowest BCUT2D eigenvalue weighted by Crippen LogP contribution is -2.27. The Morgan fingerprint density at radius 1 is 1.38 bits per heavy atom. The number of nitrogens with zero attached hydrogens (tertiary/aromatic N) is 4. The molecule has 0 aliphatic carbocycles. The molecule has 0 saturated carbocycles. The fraction of sp³-hybridized carbons (Fsp3) is 0.467. The molecule has 0 fully saturated rings. The molecule has 0 amide bonds. The van der Waals surface area contributed by atoms with Crippen LogP contribution in [0.5, 0.6) is 0 Å². The van der Waals surface area contributed by atoms with Crippen LogP contribution in [-0.4, -0.2) is 38.4 Å². The minimum absolute atomic E-state index is 0.00960. The van der Waals surface area contributed by atoms with Crippen molar-refractivity contribution < 1.29 is 9.50 Å². The van der Waals surface area contributed by atoms with Gasteiger partial charge in [-0.2, -0.15) is 5.10 Å². The number of rotatable bonds is 6. The maximum absolute atomic E-state index is 12.8. The lowest BCUT2D eigenvalue weighted by atomic mass is 10.0. The second kappa shape index (κ2) is 6.78. The summed E-state index contributed by atoms with van der Waals surface area (Å²) in [6, 6.07) is 2.84. The molecule has 114 valence electrons. The first-order valence-corrected chi connectivity index (χ1v) is 6.91. The highest BCUT2D eigenvalue weighted by atomic mass is 19.1. The van der Waals surface area contributed by atoms with Crippen molar-refractivity contribution >= 4 is 0 Å². The van der Waals surface area contributed by atoms with E-state index in [1.807, 2.05) is 33.4 Å². The number of hydrogen-bond donors (Lipinski definition) is 1. The molecule has 0 aromatic carbocycles. The van der Waals surface area contributed by atoms with Gasteiger partial charge in [0.25, 0.3) is 0 Å². The summed E-state index contributed by atoms with van der Waals surface area (Å²) in [5.74, 6) is -0.406. The molecule has 2 unspecified atom stereocenters. The Bertz CT molecular complexity index is 569. The van der Waals surface area contributed by atoms with Gasteiger partial charge in [-0.15, -0.1) is 0 Å². The van der Waals surface area contributed by atoms with E-state index in [4.69, 9.17) is 0 Å². The van der Waals surface area contributed by atoms with Crippen LogP contribution in [0.25, 0.3) is 0 Å². The zero-order chi connectivity index (χ0) is 15.4. The highest BCUT2D eigenvalue weighted by Gasteiger charge is 2.19. The predicted octanol–water partition coefficient (Wildman–Crippen LogP) is 1.76. The number of hydrogen-bond acceptors (Lipinski definition) is 4. The van der Waals surface area contributed by atoms with Crippen LogP contribution in [0.3, 0.4) is 0 Å². The smallest absolute Gasteiger partial charge is 0.141 e. The van der Waals surface area contributed by atoms with Crippen LogP contribution in [0.4, 0.5) is 4.39 Å². The summed E-state index contributed by atoms with van der Waals surface area (Å²) in [5, 5.41) is 14.4. The number of aliphatic hydroxyl groups excluding tert-OH is 1. The molecule has 2 aromatic heterocycles. The van der Waals surface area contributed by atoms with Crippen LogP contribution in [0.2, 0.25) is 0 Å². The van der Waals surface area contributed by atoms with Crippen LogP contribution in [0.1, 0.15) is 24.3 Å². The third-order valence-corrected chi connectivity index (χ3v) is 3.40. The summed E-state index contributed by atoms with van der Waals surface area (Å²) >= 11 is 0. The highest BCUT2D eigenvalue weighted by molar-refractivity contribution is 5.09. The van der Waals surface area contributed by atoms with Gasteiger partial charge in [-0.3, -0.25) is 9.67 Å². The summed E-state index contributed by atoms with van der Waals surface area (Å²) in [6.45, 7) is 3.42. The molecule has 21 heavy (non-hydrogen) atoms. The topological polar surface area (TPSA) is 54.2 Å². The zero-order valence-electron chi connectivity index (χ0n) is 12.6. The third-order valence-electron chi connectivity index (χ3n) is 3.40. The molecule has 1 N–H and O–H groups in total. The fourth-order valence-electron chi connectivity index (χ4n) is 2.37. The van der Waals surface area contributed by atoms with Crippen molar-refractivity contribution in [2.45, 2.75) is 19.6 Å². The van der Waals surface area contributed by atoms with E-state index in [1.54, 1.807) is 4.68 Å². The average molecular weight is 292 g/mol. The van der Waals surface area contributed by atoms with Gasteiger partial charge >= 0.3 is 0 Å². The molecular formula is C15H21FN4O. The van der Waals surface area contributed by atoms with Crippen LogP contribution < -0.4 is 0 Å². The van der Waals surface area contributed by atoms with E-state index >= 15 is 0 Å². The Labute approximate surface area is 124 Å². The van der Waals surface area contributed by atoms with Gasteiger partial charge in [0.15, 0.2) is 0 Å². The minimum atomic E-state index is -0.707. The lowest BCUT2D eigenvalue weighted by Gasteiger charge is -2.24. The van der Waals surface area contributed by atoms with E-state index in [1.165, 1.54) is 12.1 Å². The molecule has 0 saturated heterocycles. The largest absolute Gasteiger partial charge is 0.386 e. The van der Waals surface area contributed by atoms with E-state index < -0.39 is 11.9 Å². The van der Waals surface area contributed by atoms with Gasteiger partial charge in [0, 0.05) is 37.8 Å². The van der Waals surface area contributed by atoms with Gasteiger partial charge in [-0.25, -0.2) is 4.39 Å². The number of pyridine rings is 1. The molecule has 2 atom stereocenters. The molecule has 0 radical (unpaired) electrons. The first-order chi connectivity index (χ1) is 9.95. The molecular weight excluding hydrogens is 271 g/mol. The molecule has 0 aliphatic rings. The molecule has 0 spiro atoms. The van der Waals surface area contributed by atoms with Crippen molar-refractivity contribution in [2.24, 2.45) is 13.0 Å². The average Bonchev–Trinajstić information content (AvgIpc) is 2.83. The summed E-state index contributed by atoms with van der Waals surface area (Å²) in [4.78, 5) is 6.06. The van der Waals surface area contributed by atoms with Gasteiger partial charge in [-0.05, 0) is 19.2 Å². The second-order valence-electron chi connectivity index (χ2n) is 5.54. The van der Waals surface area contributed by atoms with Crippen molar-refractivity contribution in [1.82, 2.24) is 19.7 Å².